The Hall–Kier alpha value is -2.02. The summed E-state index contributed by atoms with van der Waals surface area (Å²) in [5, 5.41) is 0. The highest BCUT2D eigenvalue weighted by molar-refractivity contribution is 5.55. The number of hydrogen-bond donors (Lipinski definition) is 0. The maximum atomic E-state index is 6.02. The Labute approximate surface area is 192 Å². The lowest BCUT2D eigenvalue weighted by atomic mass is 10.0. The summed E-state index contributed by atoms with van der Waals surface area (Å²) in [5.74, 6) is 0.638. The highest BCUT2D eigenvalue weighted by Crippen LogP contribution is 2.39. The summed E-state index contributed by atoms with van der Waals surface area (Å²) in [7, 11) is 1.63. The standard InChI is InChI=1S/C26H38N2O4/c1-6-20(2)11-9-7-8-10-16-30-23-17-27-24(28-18-23)21-12-14-22(15-13-21)26(29-5)19-31-25(3,4)32-26/h12-15,17-18,20H,6-11,16,19H2,1-5H3/t20?,26-/m1/s1. The first kappa shape index (κ1) is 24.6. The molecule has 0 radical (unpaired) electrons. The van der Waals surface area contributed by atoms with Gasteiger partial charge in [-0.05, 0) is 26.2 Å². The van der Waals surface area contributed by atoms with Crippen LogP contribution in [0, 0.1) is 5.92 Å². The molecule has 1 fully saturated rings. The summed E-state index contributed by atoms with van der Waals surface area (Å²) in [6, 6.07) is 7.89. The van der Waals surface area contributed by atoms with Gasteiger partial charge in [0.2, 0.25) is 5.79 Å². The van der Waals surface area contributed by atoms with Crippen molar-refractivity contribution in [3.05, 3.63) is 42.2 Å². The third-order valence-electron chi connectivity index (χ3n) is 6.12. The van der Waals surface area contributed by atoms with Gasteiger partial charge in [0.1, 0.15) is 6.61 Å². The van der Waals surface area contributed by atoms with Crippen LogP contribution in [0.2, 0.25) is 0 Å². The average molecular weight is 443 g/mol. The molecule has 0 N–H and O–H groups in total. The van der Waals surface area contributed by atoms with Gasteiger partial charge in [0, 0.05) is 18.2 Å². The molecule has 176 valence electrons. The molecule has 1 aromatic carbocycles. The molecule has 2 atom stereocenters. The number of methoxy groups -OCH3 is 1. The zero-order valence-electron chi connectivity index (χ0n) is 20.2. The molecule has 0 aliphatic carbocycles. The SMILES string of the molecule is CCC(C)CCCCCCOc1cnc(-c2ccc([C@@]3(OC)COC(C)(C)O3)cc2)nc1. The Balaban J connectivity index is 1.48. The Bertz CT molecular complexity index is 823. The fourth-order valence-electron chi connectivity index (χ4n) is 3.84. The van der Waals surface area contributed by atoms with E-state index in [2.05, 4.69) is 23.8 Å². The monoisotopic (exact) mass is 442 g/mol. The second kappa shape index (κ2) is 11.2. The lowest BCUT2D eigenvalue weighted by Gasteiger charge is -2.28. The number of rotatable bonds is 12. The molecule has 1 aliphatic rings. The maximum Gasteiger partial charge on any atom is 0.221 e. The molecule has 6 heteroatoms. The number of unbranched alkanes of at least 4 members (excludes halogenated alkanes) is 3. The fourth-order valence-corrected chi connectivity index (χ4v) is 3.84. The Morgan fingerprint density at radius 3 is 2.31 bits per heavy atom. The van der Waals surface area contributed by atoms with Crippen LogP contribution in [0.5, 0.6) is 5.75 Å². The van der Waals surface area contributed by atoms with Crippen molar-refractivity contribution in [1.82, 2.24) is 9.97 Å². The van der Waals surface area contributed by atoms with E-state index in [1.54, 1.807) is 19.5 Å². The lowest BCUT2D eigenvalue weighted by Crippen LogP contribution is -2.33. The second-order valence-electron chi connectivity index (χ2n) is 9.13. The van der Waals surface area contributed by atoms with Crippen LogP contribution in [0.4, 0.5) is 0 Å². The molecule has 3 rings (SSSR count). The van der Waals surface area contributed by atoms with Crippen molar-refractivity contribution in [2.75, 3.05) is 20.3 Å². The number of ether oxygens (including phenoxy) is 4. The van der Waals surface area contributed by atoms with E-state index in [9.17, 15) is 0 Å². The minimum absolute atomic E-state index is 0.343. The van der Waals surface area contributed by atoms with Crippen molar-refractivity contribution < 1.29 is 18.9 Å². The minimum Gasteiger partial charge on any atom is -0.490 e. The van der Waals surface area contributed by atoms with E-state index >= 15 is 0 Å². The van der Waals surface area contributed by atoms with E-state index in [4.69, 9.17) is 18.9 Å². The zero-order valence-corrected chi connectivity index (χ0v) is 20.2. The first-order chi connectivity index (χ1) is 15.4. The van der Waals surface area contributed by atoms with Crippen LogP contribution in [0.1, 0.15) is 71.8 Å². The Morgan fingerprint density at radius 2 is 1.72 bits per heavy atom. The van der Waals surface area contributed by atoms with Gasteiger partial charge in [0.05, 0.1) is 19.0 Å². The van der Waals surface area contributed by atoms with Gasteiger partial charge >= 0.3 is 0 Å². The van der Waals surface area contributed by atoms with Gasteiger partial charge in [0.25, 0.3) is 0 Å². The maximum absolute atomic E-state index is 6.02. The summed E-state index contributed by atoms with van der Waals surface area (Å²) >= 11 is 0. The van der Waals surface area contributed by atoms with Crippen molar-refractivity contribution in [1.29, 1.82) is 0 Å². The quantitative estimate of drug-likeness (QED) is 0.370. The third-order valence-corrected chi connectivity index (χ3v) is 6.12. The zero-order chi connectivity index (χ0) is 23.0. The summed E-state index contributed by atoms with van der Waals surface area (Å²) in [6.45, 7) is 9.41. The Morgan fingerprint density at radius 1 is 1.03 bits per heavy atom. The number of aromatic nitrogens is 2. The molecule has 1 aliphatic heterocycles. The summed E-state index contributed by atoms with van der Waals surface area (Å²) in [6.07, 6.45) is 11.0. The number of hydrogen-bond acceptors (Lipinski definition) is 6. The van der Waals surface area contributed by atoms with Crippen molar-refractivity contribution in [3.8, 4) is 17.1 Å². The van der Waals surface area contributed by atoms with E-state index in [1.165, 1.54) is 32.1 Å². The highest BCUT2D eigenvalue weighted by atomic mass is 16.8. The predicted octanol–water partition coefficient (Wildman–Crippen LogP) is 6.10. The van der Waals surface area contributed by atoms with Crippen molar-refractivity contribution in [2.24, 2.45) is 5.92 Å². The van der Waals surface area contributed by atoms with Gasteiger partial charge < -0.3 is 18.9 Å². The van der Waals surface area contributed by atoms with Gasteiger partial charge in [-0.1, -0.05) is 70.2 Å². The first-order valence-corrected chi connectivity index (χ1v) is 11.8. The molecule has 1 saturated heterocycles. The molecule has 2 heterocycles. The van der Waals surface area contributed by atoms with Gasteiger partial charge in [0.15, 0.2) is 17.4 Å². The molecule has 0 amide bonds. The fraction of sp³-hybridized carbons (Fsp3) is 0.615. The predicted molar refractivity (Wildman–Crippen MR) is 125 cm³/mol. The first-order valence-electron chi connectivity index (χ1n) is 11.8. The van der Waals surface area contributed by atoms with Crippen LogP contribution < -0.4 is 4.74 Å². The molecule has 2 aromatic rings. The molecule has 0 saturated carbocycles. The van der Waals surface area contributed by atoms with E-state index < -0.39 is 11.6 Å². The lowest BCUT2D eigenvalue weighted by molar-refractivity contribution is -0.249. The molecule has 32 heavy (non-hydrogen) atoms. The van der Waals surface area contributed by atoms with E-state index in [-0.39, 0.29) is 0 Å². The molecular formula is C26H38N2O4. The average Bonchev–Trinajstić information content (AvgIpc) is 3.14. The van der Waals surface area contributed by atoms with Crippen LogP contribution in [0.3, 0.4) is 0 Å². The smallest absolute Gasteiger partial charge is 0.221 e. The molecule has 1 aromatic heterocycles. The van der Waals surface area contributed by atoms with Gasteiger partial charge in [-0.25, -0.2) is 9.97 Å². The van der Waals surface area contributed by atoms with Crippen LogP contribution in [0.25, 0.3) is 11.4 Å². The topological polar surface area (TPSA) is 62.7 Å². The second-order valence-corrected chi connectivity index (χ2v) is 9.13. The highest BCUT2D eigenvalue weighted by Gasteiger charge is 2.47. The molecular weight excluding hydrogens is 404 g/mol. The van der Waals surface area contributed by atoms with E-state index in [1.807, 2.05) is 38.1 Å². The van der Waals surface area contributed by atoms with Crippen molar-refractivity contribution >= 4 is 0 Å². The van der Waals surface area contributed by atoms with Crippen LogP contribution in [-0.2, 0) is 20.0 Å². The van der Waals surface area contributed by atoms with Gasteiger partial charge in [-0.15, -0.1) is 0 Å². The van der Waals surface area contributed by atoms with Crippen LogP contribution in [-0.4, -0.2) is 36.1 Å². The normalized spacial score (nSPS) is 20.9. The van der Waals surface area contributed by atoms with Crippen LogP contribution >= 0.6 is 0 Å². The van der Waals surface area contributed by atoms with Gasteiger partial charge in [-0.3, -0.25) is 0 Å². The van der Waals surface area contributed by atoms with Crippen LogP contribution in [0.15, 0.2) is 36.7 Å². The minimum atomic E-state index is -0.894. The summed E-state index contributed by atoms with van der Waals surface area (Å²) < 4.78 is 23.2. The van der Waals surface area contributed by atoms with E-state index in [0.717, 1.165) is 23.5 Å². The van der Waals surface area contributed by atoms with E-state index in [0.29, 0.717) is 24.8 Å². The summed E-state index contributed by atoms with van der Waals surface area (Å²) in [4.78, 5) is 8.94. The van der Waals surface area contributed by atoms with Crippen molar-refractivity contribution in [2.45, 2.75) is 77.8 Å². The van der Waals surface area contributed by atoms with Gasteiger partial charge in [-0.2, -0.15) is 0 Å². The number of benzene rings is 1. The molecule has 0 spiro atoms. The molecule has 6 nitrogen and oxygen atoms in total. The Kier molecular flexibility index (Phi) is 8.63. The third kappa shape index (κ3) is 6.50. The number of nitrogens with zero attached hydrogens (tertiary/aromatic N) is 2. The van der Waals surface area contributed by atoms with Crippen molar-refractivity contribution in [3.63, 3.8) is 0 Å². The molecule has 0 bridgehead atoms. The molecule has 1 unspecified atom stereocenters. The summed E-state index contributed by atoms with van der Waals surface area (Å²) in [5.41, 5.74) is 1.82. The largest absolute Gasteiger partial charge is 0.490 e.